The van der Waals surface area contributed by atoms with Crippen molar-refractivity contribution in [3.8, 4) is 0 Å². The maximum atomic E-state index is 14.0. The minimum Gasteiger partial charge on any atom is -0.305 e. The molecule has 0 amide bonds. The van der Waals surface area contributed by atoms with Gasteiger partial charge in [-0.05, 0) is 13.3 Å². The molecule has 0 saturated carbocycles. The molecular weight excluding hydrogens is 272 g/mol. The maximum Gasteiger partial charge on any atom is 0.285 e. The van der Waals surface area contributed by atoms with Gasteiger partial charge in [-0.15, -0.1) is 0 Å². The van der Waals surface area contributed by atoms with Crippen LogP contribution in [0.2, 0.25) is 0 Å². The van der Waals surface area contributed by atoms with Crippen molar-refractivity contribution >= 4 is 9.84 Å². The van der Waals surface area contributed by atoms with E-state index in [1.807, 2.05) is 0 Å². The lowest BCUT2D eigenvalue weighted by Crippen LogP contribution is -2.47. The topological polar surface area (TPSA) is 46.2 Å². The Bertz CT molecular complexity index is 545. The molecule has 3 nitrogen and oxygen atoms in total. The zero-order valence-corrected chi connectivity index (χ0v) is 11.5. The van der Waals surface area contributed by atoms with E-state index in [0.717, 1.165) is 0 Å². The van der Waals surface area contributed by atoms with Gasteiger partial charge < -0.3 is 5.32 Å². The molecule has 0 spiro atoms. The summed E-state index contributed by atoms with van der Waals surface area (Å²) in [5.41, 5.74) is -0.816. The van der Waals surface area contributed by atoms with E-state index in [9.17, 15) is 17.2 Å². The molecule has 1 aliphatic heterocycles. The molecule has 19 heavy (non-hydrogen) atoms. The maximum absolute atomic E-state index is 14.0. The molecular formula is C13H17F2NO2S. The number of alkyl halides is 2. The van der Waals surface area contributed by atoms with Gasteiger partial charge in [-0.25, -0.2) is 8.42 Å². The first-order chi connectivity index (χ1) is 8.73. The zero-order valence-electron chi connectivity index (χ0n) is 10.7. The quantitative estimate of drug-likeness (QED) is 0.921. The van der Waals surface area contributed by atoms with Crippen LogP contribution in [0.25, 0.3) is 0 Å². The van der Waals surface area contributed by atoms with Crippen molar-refractivity contribution in [2.24, 2.45) is 0 Å². The lowest BCUT2D eigenvalue weighted by molar-refractivity contribution is -0.00909. The smallest absolute Gasteiger partial charge is 0.285 e. The Morgan fingerprint density at radius 2 is 1.95 bits per heavy atom. The summed E-state index contributed by atoms with van der Waals surface area (Å²) in [7, 11) is -3.09. The van der Waals surface area contributed by atoms with Gasteiger partial charge in [0.25, 0.3) is 5.92 Å². The fraction of sp³-hybridized carbons (Fsp3) is 0.538. The number of hydrogen-bond donors (Lipinski definition) is 1. The van der Waals surface area contributed by atoms with E-state index in [-0.39, 0.29) is 17.1 Å². The van der Waals surface area contributed by atoms with Crippen LogP contribution < -0.4 is 5.32 Å². The average molecular weight is 289 g/mol. The van der Waals surface area contributed by atoms with Gasteiger partial charge in [0.15, 0.2) is 9.84 Å². The predicted octanol–water partition coefficient (Wildman–Crippen LogP) is 1.95. The molecule has 1 saturated heterocycles. The first kappa shape index (κ1) is 14.4. The van der Waals surface area contributed by atoms with Crippen LogP contribution in [0.15, 0.2) is 30.3 Å². The Morgan fingerprint density at radius 1 is 1.32 bits per heavy atom. The molecule has 1 aromatic rings. The Labute approximate surface area is 111 Å². The number of sulfone groups is 1. The Balaban J connectivity index is 2.03. The molecule has 1 aromatic carbocycles. The van der Waals surface area contributed by atoms with Crippen molar-refractivity contribution in [2.75, 3.05) is 18.1 Å². The van der Waals surface area contributed by atoms with Crippen LogP contribution in [0.5, 0.6) is 0 Å². The van der Waals surface area contributed by atoms with E-state index in [0.29, 0.717) is 6.42 Å². The van der Waals surface area contributed by atoms with Crippen LogP contribution in [0.1, 0.15) is 18.9 Å². The molecule has 1 atom stereocenters. The molecule has 2 rings (SSSR count). The van der Waals surface area contributed by atoms with Crippen LogP contribution >= 0.6 is 0 Å². The van der Waals surface area contributed by atoms with Crippen LogP contribution in [-0.4, -0.2) is 32.0 Å². The van der Waals surface area contributed by atoms with Crippen molar-refractivity contribution in [3.05, 3.63) is 35.9 Å². The monoisotopic (exact) mass is 289 g/mol. The van der Waals surface area contributed by atoms with Gasteiger partial charge >= 0.3 is 0 Å². The average Bonchev–Trinajstić information content (AvgIpc) is 2.63. The van der Waals surface area contributed by atoms with Crippen molar-refractivity contribution in [3.63, 3.8) is 0 Å². The lowest BCUT2D eigenvalue weighted by atomic mass is 10.0. The number of rotatable bonds is 4. The predicted molar refractivity (Wildman–Crippen MR) is 70.0 cm³/mol. The van der Waals surface area contributed by atoms with Gasteiger partial charge in [-0.3, -0.25) is 0 Å². The van der Waals surface area contributed by atoms with E-state index < -0.39 is 27.8 Å². The third-order valence-corrected chi connectivity index (χ3v) is 5.34. The Morgan fingerprint density at radius 3 is 2.47 bits per heavy atom. The molecule has 0 aliphatic carbocycles. The highest BCUT2D eigenvalue weighted by molar-refractivity contribution is 7.91. The largest absolute Gasteiger partial charge is 0.305 e. The second kappa shape index (κ2) is 4.83. The molecule has 1 fully saturated rings. The number of benzene rings is 1. The summed E-state index contributed by atoms with van der Waals surface area (Å²) in [6.07, 6.45) is 0.375. The van der Waals surface area contributed by atoms with E-state index >= 15 is 0 Å². The molecule has 6 heteroatoms. The summed E-state index contributed by atoms with van der Waals surface area (Å²) in [5.74, 6) is -3.02. The van der Waals surface area contributed by atoms with Gasteiger partial charge in [0.2, 0.25) is 0 Å². The Hall–Kier alpha value is -1.01. The molecule has 1 heterocycles. The van der Waals surface area contributed by atoms with Gasteiger partial charge in [0.1, 0.15) is 0 Å². The minimum atomic E-state index is -3.09. The van der Waals surface area contributed by atoms with Gasteiger partial charge in [0, 0.05) is 11.1 Å². The number of hydrogen-bond acceptors (Lipinski definition) is 3. The van der Waals surface area contributed by atoms with Crippen LogP contribution in [0.3, 0.4) is 0 Å². The first-order valence-corrected chi connectivity index (χ1v) is 7.93. The fourth-order valence-electron chi connectivity index (χ4n) is 2.26. The van der Waals surface area contributed by atoms with Crippen LogP contribution in [0, 0.1) is 0 Å². The van der Waals surface area contributed by atoms with Crippen LogP contribution in [0.4, 0.5) is 8.78 Å². The summed E-state index contributed by atoms with van der Waals surface area (Å²) in [5, 5.41) is 2.72. The van der Waals surface area contributed by atoms with Crippen molar-refractivity contribution < 1.29 is 17.2 Å². The minimum absolute atomic E-state index is 0.0629. The third-order valence-electron chi connectivity index (χ3n) is 3.44. The SMILES string of the molecule is CC1(NCC(F)(F)c2ccccc2)CCS(=O)(=O)C1. The molecule has 0 radical (unpaired) electrons. The second-order valence-electron chi connectivity index (χ2n) is 5.33. The van der Waals surface area contributed by atoms with E-state index in [1.54, 1.807) is 25.1 Å². The summed E-state index contributed by atoms with van der Waals surface area (Å²) < 4.78 is 50.7. The van der Waals surface area contributed by atoms with Crippen molar-refractivity contribution in [1.82, 2.24) is 5.32 Å². The van der Waals surface area contributed by atoms with Crippen molar-refractivity contribution in [1.29, 1.82) is 0 Å². The summed E-state index contributed by atoms with van der Waals surface area (Å²) in [6, 6.07) is 7.54. The highest BCUT2D eigenvalue weighted by Gasteiger charge is 2.41. The summed E-state index contributed by atoms with van der Waals surface area (Å²) >= 11 is 0. The van der Waals surface area contributed by atoms with Crippen molar-refractivity contribution in [2.45, 2.75) is 24.8 Å². The van der Waals surface area contributed by atoms with E-state index in [1.165, 1.54) is 12.1 Å². The summed E-state index contributed by atoms with van der Waals surface area (Å²) in [4.78, 5) is 0. The van der Waals surface area contributed by atoms with Gasteiger partial charge in [-0.1, -0.05) is 30.3 Å². The van der Waals surface area contributed by atoms with Crippen LogP contribution in [-0.2, 0) is 15.8 Å². The zero-order chi connectivity index (χ0) is 14.1. The Kier molecular flexibility index (Phi) is 3.66. The summed E-state index contributed by atoms with van der Waals surface area (Å²) in [6.45, 7) is 1.13. The van der Waals surface area contributed by atoms with E-state index in [2.05, 4.69) is 5.32 Å². The molecule has 0 bridgehead atoms. The van der Waals surface area contributed by atoms with E-state index in [4.69, 9.17) is 0 Å². The molecule has 1 N–H and O–H groups in total. The molecule has 1 unspecified atom stereocenters. The molecule has 1 aliphatic rings. The van der Waals surface area contributed by atoms with Gasteiger partial charge in [0.05, 0.1) is 18.1 Å². The fourth-order valence-corrected chi connectivity index (χ4v) is 4.38. The number of halogens is 2. The second-order valence-corrected chi connectivity index (χ2v) is 7.51. The third kappa shape index (κ3) is 3.51. The molecule has 0 aromatic heterocycles. The number of nitrogens with one attached hydrogen (secondary N) is 1. The highest BCUT2D eigenvalue weighted by atomic mass is 32.2. The lowest BCUT2D eigenvalue weighted by Gasteiger charge is -2.27. The highest BCUT2D eigenvalue weighted by Crippen LogP contribution is 2.29. The molecule has 106 valence electrons. The normalized spacial score (nSPS) is 26.5. The van der Waals surface area contributed by atoms with Gasteiger partial charge in [-0.2, -0.15) is 8.78 Å². The first-order valence-electron chi connectivity index (χ1n) is 6.11. The standard InChI is InChI=1S/C13H17F2NO2S/c1-12(7-8-19(17,18)10-12)16-9-13(14,15)11-5-3-2-4-6-11/h2-6,16H,7-10H2,1H3.